The van der Waals surface area contributed by atoms with E-state index in [2.05, 4.69) is 5.32 Å². The minimum atomic E-state index is -0.504. The maximum absolute atomic E-state index is 12.1. The van der Waals surface area contributed by atoms with Crippen LogP contribution < -0.4 is 5.32 Å². The van der Waals surface area contributed by atoms with Crippen LogP contribution in [0.1, 0.15) is 27.2 Å². The van der Waals surface area contributed by atoms with Crippen LogP contribution in [0.25, 0.3) is 0 Å². The zero-order chi connectivity index (χ0) is 15.7. The van der Waals surface area contributed by atoms with Gasteiger partial charge in [0.05, 0.1) is 12.1 Å². The fourth-order valence-electron chi connectivity index (χ4n) is 2.75. The zero-order valence-corrected chi connectivity index (χ0v) is 13.3. The summed E-state index contributed by atoms with van der Waals surface area (Å²) in [5.41, 5.74) is -0.849. The fraction of sp³-hybridized carbons (Fsp3) is 0.857. The van der Waals surface area contributed by atoms with Gasteiger partial charge in [0.2, 0.25) is 0 Å². The maximum Gasteiger partial charge on any atom is 0.410 e. The lowest BCUT2D eigenvalue weighted by molar-refractivity contribution is 0.0282. The van der Waals surface area contributed by atoms with Gasteiger partial charge < -0.3 is 24.6 Å². The van der Waals surface area contributed by atoms with Crippen LogP contribution in [0.4, 0.5) is 9.59 Å². The van der Waals surface area contributed by atoms with E-state index in [1.54, 1.807) is 16.9 Å². The van der Waals surface area contributed by atoms with Crippen molar-refractivity contribution in [2.75, 3.05) is 39.9 Å². The molecule has 0 aromatic rings. The number of urea groups is 1. The lowest BCUT2D eigenvalue weighted by atomic mass is 10.0. The first-order valence-electron chi connectivity index (χ1n) is 7.29. The van der Waals surface area contributed by atoms with Crippen LogP contribution in [0.5, 0.6) is 0 Å². The highest BCUT2D eigenvalue weighted by Crippen LogP contribution is 2.28. The largest absolute Gasteiger partial charge is 0.444 e. The minimum Gasteiger partial charge on any atom is -0.444 e. The average molecular weight is 299 g/mol. The van der Waals surface area contributed by atoms with Crippen molar-refractivity contribution < 1.29 is 19.1 Å². The van der Waals surface area contributed by atoms with Gasteiger partial charge in [0, 0.05) is 33.3 Å². The van der Waals surface area contributed by atoms with Crippen LogP contribution in [0.2, 0.25) is 0 Å². The van der Waals surface area contributed by atoms with Gasteiger partial charge in [-0.15, -0.1) is 0 Å². The molecule has 2 rings (SSSR count). The van der Waals surface area contributed by atoms with Crippen molar-refractivity contribution in [1.82, 2.24) is 15.1 Å². The van der Waals surface area contributed by atoms with Gasteiger partial charge >= 0.3 is 12.1 Å². The molecule has 1 spiro atoms. The van der Waals surface area contributed by atoms with Gasteiger partial charge in [0.25, 0.3) is 0 Å². The van der Waals surface area contributed by atoms with Crippen molar-refractivity contribution in [1.29, 1.82) is 0 Å². The smallest absolute Gasteiger partial charge is 0.410 e. The van der Waals surface area contributed by atoms with E-state index in [0.717, 1.165) is 6.42 Å². The van der Waals surface area contributed by atoms with E-state index in [4.69, 9.17) is 9.47 Å². The number of carbonyl (C=O) groups is 2. The third kappa shape index (κ3) is 3.78. The molecule has 0 radical (unpaired) electrons. The predicted octanol–water partition coefficient (Wildman–Crippen LogP) is 1.04. The van der Waals surface area contributed by atoms with Gasteiger partial charge in [-0.2, -0.15) is 0 Å². The molecular formula is C14H25N3O4. The van der Waals surface area contributed by atoms with Crippen molar-refractivity contribution in [3.05, 3.63) is 0 Å². The van der Waals surface area contributed by atoms with Gasteiger partial charge in [-0.1, -0.05) is 0 Å². The molecule has 1 atom stereocenters. The van der Waals surface area contributed by atoms with E-state index in [0.29, 0.717) is 32.8 Å². The second-order valence-electron chi connectivity index (χ2n) is 6.78. The summed E-state index contributed by atoms with van der Waals surface area (Å²) in [5.74, 6) is 0. The molecule has 2 fully saturated rings. The number of methoxy groups -OCH3 is 1. The number of nitrogens with zero attached hydrogens (tertiary/aromatic N) is 2. The summed E-state index contributed by atoms with van der Waals surface area (Å²) in [5, 5.41) is 3.02. The Morgan fingerprint density at radius 2 is 2.10 bits per heavy atom. The van der Waals surface area contributed by atoms with Gasteiger partial charge in [-0.05, 0) is 27.2 Å². The number of amides is 3. The Hall–Kier alpha value is -1.50. The van der Waals surface area contributed by atoms with Crippen molar-refractivity contribution in [2.45, 2.75) is 38.3 Å². The van der Waals surface area contributed by atoms with E-state index in [9.17, 15) is 9.59 Å². The molecule has 2 heterocycles. The molecule has 7 nitrogen and oxygen atoms in total. The summed E-state index contributed by atoms with van der Waals surface area (Å²) < 4.78 is 10.4. The number of hydrogen-bond acceptors (Lipinski definition) is 4. The molecule has 1 N–H and O–H groups in total. The molecule has 0 aliphatic carbocycles. The third-order valence-corrected chi connectivity index (χ3v) is 3.72. The lowest BCUT2D eigenvalue weighted by Gasteiger charge is -2.26. The first-order chi connectivity index (χ1) is 9.75. The summed E-state index contributed by atoms with van der Waals surface area (Å²) in [7, 11) is 1.61. The number of ether oxygens (including phenoxy) is 2. The van der Waals surface area contributed by atoms with Gasteiger partial charge in [0.1, 0.15) is 5.60 Å². The van der Waals surface area contributed by atoms with Crippen molar-refractivity contribution in [3.8, 4) is 0 Å². The van der Waals surface area contributed by atoms with E-state index in [-0.39, 0.29) is 17.7 Å². The number of hydrogen-bond donors (Lipinski definition) is 1. The molecule has 120 valence electrons. The fourth-order valence-corrected chi connectivity index (χ4v) is 2.75. The monoisotopic (exact) mass is 299 g/mol. The third-order valence-electron chi connectivity index (χ3n) is 3.72. The highest BCUT2D eigenvalue weighted by molar-refractivity contribution is 5.78. The predicted molar refractivity (Wildman–Crippen MR) is 77.1 cm³/mol. The molecule has 3 amide bonds. The zero-order valence-electron chi connectivity index (χ0n) is 13.3. The molecule has 2 aliphatic rings. The summed E-state index contributed by atoms with van der Waals surface area (Å²) >= 11 is 0. The topological polar surface area (TPSA) is 71.1 Å². The van der Waals surface area contributed by atoms with Crippen LogP contribution in [0.15, 0.2) is 0 Å². The normalized spacial score (nSPS) is 25.6. The maximum atomic E-state index is 12.1. The van der Waals surface area contributed by atoms with Gasteiger partial charge in [-0.25, -0.2) is 9.59 Å². The summed E-state index contributed by atoms with van der Waals surface area (Å²) in [6, 6.07) is -0.0851. The molecule has 21 heavy (non-hydrogen) atoms. The Labute approximate surface area is 125 Å². The standard InChI is InChI=1S/C14H25N3O4/c1-13(2,3)21-12(19)17-6-5-14(10-17)9-16(7-8-20-4)11(18)15-14/h5-10H2,1-4H3,(H,15,18). The van der Waals surface area contributed by atoms with Crippen LogP contribution in [-0.4, -0.2) is 73.0 Å². The summed E-state index contributed by atoms with van der Waals surface area (Å²) in [6.07, 6.45) is 0.436. The van der Waals surface area contributed by atoms with Crippen molar-refractivity contribution >= 4 is 12.1 Å². The highest BCUT2D eigenvalue weighted by atomic mass is 16.6. The van der Waals surface area contributed by atoms with Crippen LogP contribution >= 0.6 is 0 Å². The Kier molecular flexibility index (Phi) is 4.32. The van der Waals surface area contributed by atoms with Crippen molar-refractivity contribution in [3.63, 3.8) is 0 Å². The van der Waals surface area contributed by atoms with Gasteiger partial charge in [-0.3, -0.25) is 0 Å². The van der Waals surface area contributed by atoms with Gasteiger partial charge in [0.15, 0.2) is 0 Å². The summed E-state index contributed by atoms with van der Waals surface area (Å²) in [6.45, 7) is 8.33. The Bertz CT molecular complexity index is 421. The quantitative estimate of drug-likeness (QED) is 0.845. The number of rotatable bonds is 3. The second-order valence-corrected chi connectivity index (χ2v) is 6.78. The first-order valence-corrected chi connectivity index (χ1v) is 7.29. The van der Waals surface area contributed by atoms with Crippen LogP contribution in [0.3, 0.4) is 0 Å². The Morgan fingerprint density at radius 1 is 1.38 bits per heavy atom. The molecule has 0 aromatic carbocycles. The highest BCUT2D eigenvalue weighted by Gasteiger charge is 2.48. The number of nitrogens with one attached hydrogen (secondary N) is 1. The van der Waals surface area contributed by atoms with E-state index in [1.165, 1.54) is 0 Å². The minimum absolute atomic E-state index is 0.0851. The van der Waals surface area contributed by atoms with Crippen LogP contribution in [-0.2, 0) is 9.47 Å². The van der Waals surface area contributed by atoms with Crippen molar-refractivity contribution in [2.24, 2.45) is 0 Å². The molecule has 0 bridgehead atoms. The SMILES string of the molecule is COCCN1CC2(CCN(C(=O)OC(C)(C)C)C2)NC1=O. The van der Waals surface area contributed by atoms with Crippen LogP contribution in [0, 0.1) is 0 Å². The number of carbonyl (C=O) groups excluding carboxylic acids is 2. The first kappa shape index (κ1) is 15.9. The molecule has 2 aliphatic heterocycles. The lowest BCUT2D eigenvalue weighted by Crippen LogP contribution is -2.47. The second kappa shape index (κ2) is 5.71. The molecule has 0 aromatic heterocycles. The van der Waals surface area contributed by atoms with E-state index < -0.39 is 5.60 Å². The van der Waals surface area contributed by atoms with E-state index in [1.807, 2.05) is 20.8 Å². The van der Waals surface area contributed by atoms with E-state index >= 15 is 0 Å². The number of likely N-dealkylation sites (tertiary alicyclic amines) is 1. The molecule has 1 unspecified atom stereocenters. The molecule has 0 saturated carbocycles. The average Bonchev–Trinajstić information content (AvgIpc) is 2.89. The Balaban J connectivity index is 1.93. The molecule has 2 saturated heterocycles. The Morgan fingerprint density at radius 3 is 2.71 bits per heavy atom. The molecular weight excluding hydrogens is 274 g/mol. The summed E-state index contributed by atoms with van der Waals surface area (Å²) in [4.78, 5) is 27.5. The molecule has 7 heteroatoms.